The van der Waals surface area contributed by atoms with Crippen molar-refractivity contribution in [1.82, 2.24) is 5.32 Å². The topological polar surface area (TPSA) is 46.2 Å². The van der Waals surface area contributed by atoms with Gasteiger partial charge >= 0.3 is 0 Å². The van der Waals surface area contributed by atoms with Crippen LogP contribution in [-0.4, -0.2) is 33.0 Å². The molecule has 5 heteroatoms. The van der Waals surface area contributed by atoms with E-state index < -0.39 is 9.84 Å². The molecule has 20 heavy (non-hydrogen) atoms. The number of hydrogen-bond acceptors (Lipinski definition) is 3. The maximum Gasteiger partial charge on any atom is 0.152 e. The quantitative estimate of drug-likeness (QED) is 0.773. The van der Waals surface area contributed by atoms with Crippen molar-refractivity contribution in [2.75, 3.05) is 19.3 Å². The zero-order valence-corrected chi connectivity index (χ0v) is 14.8. The lowest BCUT2D eigenvalue weighted by molar-refractivity contribution is 0.477. The summed E-state index contributed by atoms with van der Waals surface area (Å²) in [6.07, 6.45) is 1.60. The summed E-state index contributed by atoms with van der Waals surface area (Å²) < 4.78 is 24.9. The van der Waals surface area contributed by atoms with Gasteiger partial charge < -0.3 is 5.32 Å². The van der Waals surface area contributed by atoms with Crippen molar-refractivity contribution >= 4 is 25.8 Å². The van der Waals surface area contributed by atoms with Crippen LogP contribution in [0.1, 0.15) is 25.8 Å². The standard InChI is InChI=1S/C15H24BrNO2S/c1-12(2)20(18,19)8-7-14(11-17-3)9-13-5-4-6-15(16)10-13/h4-6,10,12,14,17H,7-9,11H2,1-3H3. The molecule has 1 N–H and O–H groups in total. The molecule has 0 radical (unpaired) electrons. The number of hydrogen-bond donors (Lipinski definition) is 1. The molecule has 0 spiro atoms. The first-order valence-electron chi connectivity index (χ1n) is 6.95. The first kappa shape index (κ1) is 17.7. The second-order valence-electron chi connectivity index (χ2n) is 5.46. The highest BCUT2D eigenvalue weighted by Crippen LogP contribution is 2.18. The minimum Gasteiger partial charge on any atom is -0.319 e. The lowest BCUT2D eigenvalue weighted by atomic mass is 9.97. The summed E-state index contributed by atoms with van der Waals surface area (Å²) in [4.78, 5) is 0. The monoisotopic (exact) mass is 361 g/mol. The molecule has 0 aliphatic rings. The Morgan fingerprint density at radius 3 is 2.55 bits per heavy atom. The summed E-state index contributed by atoms with van der Waals surface area (Å²) in [5, 5.41) is 2.87. The van der Waals surface area contributed by atoms with Crippen molar-refractivity contribution in [2.24, 2.45) is 5.92 Å². The zero-order chi connectivity index (χ0) is 15.2. The van der Waals surface area contributed by atoms with Gasteiger partial charge in [0.25, 0.3) is 0 Å². The van der Waals surface area contributed by atoms with E-state index in [-0.39, 0.29) is 11.0 Å². The van der Waals surface area contributed by atoms with Crippen LogP contribution in [0.15, 0.2) is 28.7 Å². The van der Waals surface area contributed by atoms with Crippen LogP contribution in [0.25, 0.3) is 0 Å². The van der Waals surface area contributed by atoms with Gasteiger partial charge in [-0.1, -0.05) is 28.1 Å². The molecule has 0 saturated heterocycles. The molecule has 1 aromatic carbocycles. The molecule has 0 aliphatic heterocycles. The molecule has 1 atom stereocenters. The van der Waals surface area contributed by atoms with Gasteiger partial charge in [0, 0.05) is 4.47 Å². The SMILES string of the molecule is CNCC(CCS(=O)(=O)C(C)C)Cc1cccc(Br)c1. The van der Waals surface area contributed by atoms with Gasteiger partial charge in [0.05, 0.1) is 11.0 Å². The van der Waals surface area contributed by atoms with E-state index >= 15 is 0 Å². The van der Waals surface area contributed by atoms with Crippen molar-refractivity contribution < 1.29 is 8.42 Å². The molecule has 0 amide bonds. The Morgan fingerprint density at radius 1 is 1.30 bits per heavy atom. The Bertz CT molecular complexity index is 514. The van der Waals surface area contributed by atoms with Gasteiger partial charge in [0.1, 0.15) is 0 Å². The van der Waals surface area contributed by atoms with Gasteiger partial charge in [0.2, 0.25) is 0 Å². The summed E-state index contributed by atoms with van der Waals surface area (Å²) in [7, 11) is -1.04. The van der Waals surface area contributed by atoms with Crippen molar-refractivity contribution in [2.45, 2.75) is 31.9 Å². The third kappa shape index (κ3) is 5.94. The Kier molecular flexibility index (Phi) is 7.20. The second-order valence-corrected chi connectivity index (χ2v) is 9.05. The fraction of sp³-hybridized carbons (Fsp3) is 0.600. The molecule has 0 heterocycles. The maximum atomic E-state index is 11.9. The van der Waals surface area contributed by atoms with E-state index in [1.54, 1.807) is 13.8 Å². The number of sulfone groups is 1. The molecule has 1 rings (SSSR count). The predicted molar refractivity (Wildman–Crippen MR) is 88.8 cm³/mol. The summed E-state index contributed by atoms with van der Waals surface area (Å²) >= 11 is 3.47. The summed E-state index contributed by atoms with van der Waals surface area (Å²) in [6, 6.07) is 8.20. The molecule has 1 unspecified atom stereocenters. The molecule has 0 fully saturated rings. The highest BCUT2D eigenvalue weighted by Gasteiger charge is 2.19. The average molecular weight is 362 g/mol. The summed E-state index contributed by atoms with van der Waals surface area (Å²) in [5.74, 6) is 0.605. The van der Waals surface area contributed by atoms with Crippen LogP contribution in [0.2, 0.25) is 0 Å². The van der Waals surface area contributed by atoms with Crippen LogP contribution >= 0.6 is 15.9 Å². The Morgan fingerprint density at radius 2 is 2.00 bits per heavy atom. The van der Waals surface area contributed by atoms with Crippen LogP contribution in [0.3, 0.4) is 0 Å². The number of halogens is 1. The molecule has 114 valence electrons. The minimum atomic E-state index is -2.95. The largest absolute Gasteiger partial charge is 0.319 e. The number of rotatable bonds is 8. The predicted octanol–water partition coefficient (Wildman–Crippen LogP) is 3.04. The first-order chi connectivity index (χ1) is 9.35. The molecule has 0 bridgehead atoms. The average Bonchev–Trinajstić information content (AvgIpc) is 2.36. The van der Waals surface area contributed by atoms with E-state index in [9.17, 15) is 8.42 Å². The van der Waals surface area contributed by atoms with Gasteiger partial charge in [0.15, 0.2) is 9.84 Å². The normalized spacial score (nSPS) is 13.7. The smallest absolute Gasteiger partial charge is 0.152 e. The van der Waals surface area contributed by atoms with Crippen LogP contribution in [0.5, 0.6) is 0 Å². The number of nitrogens with one attached hydrogen (secondary N) is 1. The minimum absolute atomic E-state index is 0.269. The lowest BCUT2D eigenvalue weighted by Crippen LogP contribution is -2.25. The molecule has 0 saturated carbocycles. The Balaban J connectivity index is 2.65. The summed E-state index contributed by atoms with van der Waals surface area (Å²) in [6.45, 7) is 4.33. The molecular weight excluding hydrogens is 338 g/mol. The van der Waals surface area contributed by atoms with Crippen LogP contribution in [0, 0.1) is 5.92 Å². The van der Waals surface area contributed by atoms with Crippen LogP contribution in [-0.2, 0) is 16.3 Å². The highest BCUT2D eigenvalue weighted by atomic mass is 79.9. The molecule has 0 aliphatic carbocycles. The first-order valence-corrected chi connectivity index (χ1v) is 9.46. The third-order valence-corrected chi connectivity index (χ3v) is 6.17. The van der Waals surface area contributed by atoms with Crippen molar-refractivity contribution in [3.63, 3.8) is 0 Å². The van der Waals surface area contributed by atoms with Crippen LogP contribution < -0.4 is 5.32 Å². The Labute approximate surface area is 131 Å². The molecular formula is C15H24BrNO2S. The second kappa shape index (κ2) is 8.15. The van der Waals surface area contributed by atoms with Crippen molar-refractivity contribution in [1.29, 1.82) is 0 Å². The van der Waals surface area contributed by atoms with Gasteiger partial charge in [-0.15, -0.1) is 0 Å². The molecule has 3 nitrogen and oxygen atoms in total. The Hall–Kier alpha value is -0.390. The molecule has 1 aromatic rings. The van der Waals surface area contributed by atoms with Gasteiger partial charge in [-0.2, -0.15) is 0 Å². The van der Waals surface area contributed by atoms with Crippen molar-refractivity contribution in [3.05, 3.63) is 34.3 Å². The fourth-order valence-corrected chi connectivity index (χ4v) is 3.71. The van der Waals surface area contributed by atoms with Crippen molar-refractivity contribution in [3.8, 4) is 0 Å². The van der Waals surface area contributed by atoms with E-state index in [4.69, 9.17) is 0 Å². The fourth-order valence-electron chi connectivity index (χ4n) is 2.13. The highest BCUT2D eigenvalue weighted by molar-refractivity contribution is 9.10. The third-order valence-electron chi connectivity index (χ3n) is 3.44. The summed E-state index contributed by atoms with van der Waals surface area (Å²) in [5.41, 5.74) is 1.24. The van der Waals surface area contributed by atoms with E-state index in [2.05, 4.69) is 33.4 Å². The lowest BCUT2D eigenvalue weighted by Gasteiger charge is -2.17. The zero-order valence-electron chi connectivity index (χ0n) is 12.4. The number of benzene rings is 1. The van der Waals surface area contributed by atoms with Crippen LogP contribution in [0.4, 0.5) is 0 Å². The van der Waals surface area contributed by atoms with Gasteiger partial charge in [-0.3, -0.25) is 0 Å². The maximum absolute atomic E-state index is 11.9. The van der Waals surface area contributed by atoms with E-state index in [0.717, 1.165) is 17.4 Å². The van der Waals surface area contributed by atoms with Gasteiger partial charge in [-0.25, -0.2) is 8.42 Å². The molecule has 0 aromatic heterocycles. The van der Waals surface area contributed by atoms with E-state index in [0.29, 0.717) is 12.3 Å². The van der Waals surface area contributed by atoms with Gasteiger partial charge in [-0.05, 0) is 63.9 Å². The van der Waals surface area contributed by atoms with E-state index in [1.807, 2.05) is 19.2 Å². The van der Waals surface area contributed by atoms with E-state index in [1.165, 1.54) is 5.56 Å².